The topological polar surface area (TPSA) is 42.3 Å². The summed E-state index contributed by atoms with van der Waals surface area (Å²) in [5.74, 6) is 0.0411. The van der Waals surface area contributed by atoms with Crippen LogP contribution in [0, 0.1) is 0 Å². The van der Waals surface area contributed by atoms with Crippen LogP contribution < -0.4 is 5.43 Å². The van der Waals surface area contributed by atoms with Gasteiger partial charge in [-0.2, -0.15) is 0 Å². The molecule has 4 nitrogen and oxygen atoms in total. The molecular weight excluding hydrogens is 336 g/mol. The summed E-state index contributed by atoms with van der Waals surface area (Å²) in [4.78, 5) is 26.7. The van der Waals surface area contributed by atoms with E-state index in [4.69, 9.17) is 11.6 Å². The Balaban J connectivity index is 1.62. The number of amides is 1. The van der Waals surface area contributed by atoms with Gasteiger partial charge in [0, 0.05) is 35.8 Å². The van der Waals surface area contributed by atoms with E-state index in [2.05, 4.69) is 12.1 Å². The number of rotatable bonds is 2. The lowest BCUT2D eigenvalue weighted by atomic mass is 10.00. The Morgan fingerprint density at radius 1 is 1.08 bits per heavy atom. The molecule has 1 amide bonds. The summed E-state index contributed by atoms with van der Waals surface area (Å²) in [7, 11) is 0. The molecule has 0 radical (unpaired) electrons. The van der Waals surface area contributed by atoms with Gasteiger partial charge < -0.3 is 9.47 Å². The minimum Gasteiger partial charge on any atom is -0.338 e. The van der Waals surface area contributed by atoms with Crippen LogP contribution in [0.4, 0.5) is 0 Å². The summed E-state index contributed by atoms with van der Waals surface area (Å²) >= 11 is 6.07. The van der Waals surface area contributed by atoms with Crippen molar-refractivity contribution < 1.29 is 4.79 Å². The lowest BCUT2D eigenvalue weighted by Gasteiger charge is -2.29. The average molecular weight is 353 g/mol. The van der Waals surface area contributed by atoms with Crippen LogP contribution in [0.15, 0.2) is 59.5 Å². The number of pyridine rings is 1. The van der Waals surface area contributed by atoms with Gasteiger partial charge >= 0.3 is 0 Å². The molecule has 25 heavy (non-hydrogen) atoms. The van der Waals surface area contributed by atoms with E-state index in [1.54, 1.807) is 29.0 Å². The highest BCUT2D eigenvalue weighted by Crippen LogP contribution is 2.20. The van der Waals surface area contributed by atoms with E-state index >= 15 is 0 Å². The fraction of sp³-hybridized carbons (Fsp3) is 0.200. The highest BCUT2D eigenvalue weighted by atomic mass is 35.5. The first-order valence-electron chi connectivity index (χ1n) is 8.25. The zero-order chi connectivity index (χ0) is 17.4. The Morgan fingerprint density at radius 3 is 2.72 bits per heavy atom. The van der Waals surface area contributed by atoms with E-state index in [1.807, 2.05) is 17.0 Å². The van der Waals surface area contributed by atoms with Crippen LogP contribution in [0.2, 0.25) is 5.02 Å². The molecule has 3 aromatic rings. The monoisotopic (exact) mass is 352 g/mol. The first-order valence-corrected chi connectivity index (χ1v) is 8.63. The van der Waals surface area contributed by atoms with Crippen molar-refractivity contribution in [1.29, 1.82) is 0 Å². The number of benzene rings is 2. The zero-order valence-corrected chi connectivity index (χ0v) is 14.4. The number of fused-ring (bicyclic) bond motifs is 2. The molecule has 0 atom stereocenters. The maximum atomic E-state index is 12.8. The van der Waals surface area contributed by atoms with Crippen molar-refractivity contribution in [3.05, 3.63) is 81.1 Å². The van der Waals surface area contributed by atoms with Gasteiger partial charge in [-0.1, -0.05) is 35.9 Å². The average Bonchev–Trinajstić information content (AvgIpc) is 2.63. The van der Waals surface area contributed by atoms with Crippen LogP contribution in [0.25, 0.3) is 10.9 Å². The van der Waals surface area contributed by atoms with Gasteiger partial charge in [-0.3, -0.25) is 9.59 Å². The summed E-state index contributed by atoms with van der Waals surface area (Å²) in [6.45, 7) is 1.54. The SMILES string of the molecule is O=C(Cn1ccc(=O)c2ccc(Cl)cc21)N1CCc2ccccc2C1. The molecule has 0 unspecified atom stereocenters. The molecule has 126 valence electrons. The Morgan fingerprint density at radius 2 is 1.88 bits per heavy atom. The third-order valence-electron chi connectivity index (χ3n) is 4.73. The number of aromatic nitrogens is 1. The molecule has 0 N–H and O–H groups in total. The van der Waals surface area contributed by atoms with Crippen LogP contribution in [0.5, 0.6) is 0 Å². The lowest BCUT2D eigenvalue weighted by molar-refractivity contribution is -0.132. The number of nitrogens with zero attached hydrogens (tertiary/aromatic N) is 2. The number of hydrogen-bond donors (Lipinski definition) is 0. The smallest absolute Gasteiger partial charge is 0.242 e. The molecule has 0 saturated heterocycles. The van der Waals surface area contributed by atoms with Crippen LogP contribution in [-0.2, 0) is 24.3 Å². The zero-order valence-electron chi connectivity index (χ0n) is 13.6. The maximum absolute atomic E-state index is 12.8. The molecule has 0 saturated carbocycles. The molecule has 1 aromatic heterocycles. The van der Waals surface area contributed by atoms with Crippen molar-refractivity contribution in [2.75, 3.05) is 6.54 Å². The van der Waals surface area contributed by atoms with Gasteiger partial charge in [0.1, 0.15) is 6.54 Å². The molecule has 1 aliphatic rings. The number of hydrogen-bond acceptors (Lipinski definition) is 2. The summed E-state index contributed by atoms with van der Waals surface area (Å²) in [6, 6.07) is 14.9. The minimum absolute atomic E-state index is 0.0411. The van der Waals surface area contributed by atoms with Crippen molar-refractivity contribution in [1.82, 2.24) is 9.47 Å². The van der Waals surface area contributed by atoms with E-state index in [9.17, 15) is 9.59 Å². The molecule has 0 spiro atoms. The molecule has 2 heterocycles. The third-order valence-corrected chi connectivity index (χ3v) is 4.96. The molecule has 0 fully saturated rings. The van der Waals surface area contributed by atoms with Crippen molar-refractivity contribution in [3.63, 3.8) is 0 Å². The van der Waals surface area contributed by atoms with Gasteiger partial charge in [0.2, 0.25) is 5.91 Å². The van der Waals surface area contributed by atoms with E-state index < -0.39 is 0 Å². The summed E-state index contributed by atoms with van der Waals surface area (Å²) in [5.41, 5.74) is 3.13. The molecule has 2 aromatic carbocycles. The summed E-state index contributed by atoms with van der Waals surface area (Å²) < 4.78 is 1.80. The molecule has 0 aliphatic carbocycles. The lowest BCUT2D eigenvalue weighted by Crippen LogP contribution is -2.38. The Kier molecular flexibility index (Phi) is 4.06. The number of carbonyl (C=O) groups is 1. The Hall–Kier alpha value is -2.59. The van der Waals surface area contributed by atoms with Crippen LogP contribution in [0.1, 0.15) is 11.1 Å². The molecule has 4 rings (SSSR count). The van der Waals surface area contributed by atoms with E-state index in [1.165, 1.54) is 17.2 Å². The second-order valence-corrected chi connectivity index (χ2v) is 6.74. The fourth-order valence-corrected chi connectivity index (χ4v) is 3.54. The first-order chi connectivity index (χ1) is 12.1. The Labute approximate surface area is 150 Å². The predicted octanol–water partition coefficient (Wildman–Crippen LogP) is 3.24. The second-order valence-electron chi connectivity index (χ2n) is 6.30. The maximum Gasteiger partial charge on any atom is 0.242 e. The van der Waals surface area contributed by atoms with Crippen molar-refractivity contribution in [2.45, 2.75) is 19.5 Å². The molecule has 0 bridgehead atoms. The Bertz CT molecular complexity index is 1030. The predicted molar refractivity (Wildman–Crippen MR) is 98.8 cm³/mol. The highest BCUT2D eigenvalue weighted by molar-refractivity contribution is 6.31. The number of carbonyl (C=O) groups excluding carboxylic acids is 1. The van der Waals surface area contributed by atoms with Crippen LogP contribution >= 0.6 is 11.6 Å². The van der Waals surface area contributed by atoms with Gasteiger partial charge in [-0.05, 0) is 35.7 Å². The molecular formula is C20H17ClN2O2. The van der Waals surface area contributed by atoms with Crippen LogP contribution in [-0.4, -0.2) is 21.9 Å². The van der Waals surface area contributed by atoms with Crippen LogP contribution in [0.3, 0.4) is 0 Å². The molecule has 1 aliphatic heterocycles. The van der Waals surface area contributed by atoms with Crippen molar-refractivity contribution in [3.8, 4) is 0 Å². The van der Waals surface area contributed by atoms with E-state index in [0.717, 1.165) is 6.42 Å². The normalized spacial score (nSPS) is 13.7. The first kappa shape index (κ1) is 15.9. The van der Waals surface area contributed by atoms with E-state index in [0.29, 0.717) is 29.0 Å². The van der Waals surface area contributed by atoms with Crippen molar-refractivity contribution in [2.24, 2.45) is 0 Å². The second kappa shape index (κ2) is 6.37. The minimum atomic E-state index is -0.0673. The van der Waals surface area contributed by atoms with Gasteiger partial charge in [-0.15, -0.1) is 0 Å². The van der Waals surface area contributed by atoms with E-state index in [-0.39, 0.29) is 17.9 Å². The van der Waals surface area contributed by atoms with Gasteiger partial charge in [0.15, 0.2) is 5.43 Å². The number of halogens is 1. The van der Waals surface area contributed by atoms with Gasteiger partial charge in [0.25, 0.3) is 0 Å². The standard InChI is InChI=1S/C20H17ClN2O2/c21-16-5-6-17-18(11-16)22(10-8-19(17)24)13-20(25)23-9-7-14-3-1-2-4-15(14)12-23/h1-6,8,10-11H,7,9,12-13H2. The quantitative estimate of drug-likeness (QED) is 0.710. The van der Waals surface area contributed by atoms with Gasteiger partial charge in [-0.25, -0.2) is 0 Å². The summed E-state index contributed by atoms with van der Waals surface area (Å²) in [6.07, 6.45) is 2.54. The fourth-order valence-electron chi connectivity index (χ4n) is 3.37. The summed E-state index contributed by atoms with van der Waals surface area (Å²) in [5, 5.41) is 1.12. The largest absolute Gasteiger partial charge is 0.338 e. The molecule has 5 heteroatoms. The van der Waals surface area contributed by atoms with Gasteiger partial charge in [0.05, 0.1) is 5.52 Å². The van der Waals surface area contributed by atoms with Crippen molar-refractivity contribution >= 4 is 28.4 Å². The third kappa shape index (κ3) is 3.05. The highest BCUT2D eigenvalue weighted by Gasteiger charge is 2.20.